The number of rotatable bonds is 3. The lowest BCUT2D eigenvalue weighted by Crippen LogP contribution is -2.32. The number of nitrogens with one attached hydrogen (secondary N) is 1. The molecule has 0 radical (unpaired) electrons. The molecular weight excluding hydrogens is 336 g/mol. The lowest BCUT2D eigenvalue weighted by molar-refractivity contribution is 0.0757. The van der Waals surface area contributed by atoms with Crippen LogP contribution in [0.3, 0.4) is 0 Å². The molecule has 1 amide bonds. The number of hydrogen-bond acceptors (Lipinski definition) is 3. The smallest absolute Gasteiger partial charge is 0.253 e. The van der Waals surface area contributed by atoms with Gasteiger partial charge in [-0.05, 0) is 81.6 Å². The van der Waals surface area contributed by atoms with Crippen LogP contribution in [0, 0.1) is 11.8 Å². The van der Waals surface area contributed by atoms with Gasteiger partial charge in [0.25, 0.3) is 5.91 Å². The zero-order valence-electron chi connectivity index (χ0n) is 14.8. The highest BCUT2D eigenvalue weighted by atomic mass is 35.5. The minimum Gasteiger partial charge on any atom is -0.490 e. The zero-order chi connectivity index (χ0) is 16.4. The molecular formula is C20H29ClN2O2. The first-order valence-electron chi connectivity index (χ1n) is 9.56. The number of carbonyl (C=O) groups is 1. The summed E-state index contributed by atoms with van der Waals surface area (Å²) in [7, 11) is 0. The van der Waals surface area contributed by atoms with E-state index in [4.69, 9.17) is 4.74 Å². The molecule has 2 heterocycles. The minimum absolute atomic E-state index is 0. The maximum Gasteiger partial charge on any atom is 0.253 e. The molecule has 2 atom stereocenters. The van der Waals surface area contributed by atoms with E-state index in [1.54, 1.807) is 0 Å². The Bertz CT molecular complexity index is 575. The fourth-order valence-corrected chi connectivity index (χ4v) is 4.50. The van der Waals surface area contributed by atoms with E-state index in [0.29, 0.717) is 6.10 Å². The Balaban J connectivity index is 0.00000182. The van der Waals surface area contributed by atoms with Gasteiger partial charge in [-0.3, -0.25) is 4.79 Å². The molecule has 25 heavy (non-hydrogen) atoms. The molecule has 1 aromatic rings. The van der Waals surface area contributed by atoms with E-state index in [-0.39, 0.29) is 18.3 Å². The van der Waals surface area contributed by atoms with Crippen LogP contribution < -0.4 is 10.1 Å². The van der Waals surface area contributed by atoms with Crippen LogP contribution in [0.1, 0.15) is 48.9 Å². The normalized spacial score (nSPS) is 26.6. The number of halogens is 1. The molecule has 1 saturated carbocycles. The Labute approximate surface area is 156 Å². The van der Waals surface area contributed by atoms with E-state index in [2.05, 4.69) is 5.32 Å². The fourth-order valence-electron chi connectivity index (χ4n) is 4.50. The summed E-state index contributed by atoms with van der Waals surface area (Å²) >= 11 is 0. The molecule has 1 aromatic carbocycles. The number of ether oxygens (including phenoxy) is 1. The van der Waals surface area contributed by atoms with Gasteiger partial charge >= 0.3 is 0 Å². The topological polar surface area (TPSA) is 41.6 Å². The van der Waals surface area contributed by atoms with Gasteiger partial charge in [0, 0.05) is 18.7 Å². The molecule has 138 valence electrons. The van der Waals surface area contributed by atoms with Crippen molar-refractivity contribution >= 4 is 18.3 Å². The molecule has 3 aliphatic rings. The van der Waals surface area contributed by atoms with Crippen LogP contribution in [0.2, 0.25) is 0 Å². The van der Waals surface area contributed by atoms with Crippen LogP contribution in [0.15, 0.2) is 24.3 Å². The molecule has 0 bridgehead atoms. The van der Waals surface area contributed by atoms with E-state index in [0.717, 1.165) is 75.0 Å². The zero-order valence-corrected chi connectivity index (χ0v) is 15.6. The lowest BCUT2D eigenvalue weighted by atomic mass is 9.92. The second kappa shape index (κ2) is 8.41. The molecule has 5 heteroatoms. The van der Waals surface area contributed by atoms with Crippen LogP contribution in [0.25, 0.3) is 0 Å². The largest absolute Gasteiger partial charge is 0.490 e. The second-order valence-corrected chi connectivity index (χ2v) is 7.60. The van der Waals surface area contributed by atoms with Crippen molar-refractivity contribution in [1.29, 1.82) is 0 Å². The van der Waals surface area contributed by atoms with Gasteiger partial charge in [-0.2, -0.15) is 0 Å². The van der Waals surface area contributed by atoms with Crippen molar-refractivity contribution in [1.82, 2.24) is 10.2 Å². The number of fused-ring (bicyclic) bond motifs is 1. The van der Waals surface area contributed by atoms with Gasteiger partial charge in [0.15, 0.2) is 0 Å². The number of carbonyl (C=O) groups excluding carboxylic acids is 1. The highest BCUT2D eigenvalue weighted by molar-refractivity contribution is 5.94. The van der Waals surface area contributed by atoms with Gasteiger partial charge < -0.3 is 15.0 Å². The molecule has 0 unspecified atom stereocenters. The summed E-state index contributed by atoms with van der Waals surface area (Å²) < 4.78 is 6.06. The maximum atomic E-state index is 12.9. The van der Waals surface area contributed by atoms with Crippen molar-refractivity contribution < 1.29 is 9.53 Å². The summed E-state index contributed by atoms with van der Waals surface area (Å²) in [6, 6.07) is 7.80. The fraction of sp³-hybridized carbons (Fsp3) is 0.650. The highest BCUT2D eigenvalue weighted by Crippen LogP contribution is 2.28. The average Bonchev–Trinajstić information content (AvgIpc) is 3.23. The molecule has 2 aliphatic heterocycles. The van der Waals surface area contributed by atoms with E-state index in [1.807, 2.05) is 29.2 Å². The van der Waals surface area contributed by atoms with Crippen molar-refractivity contribution in [3.63, 3.8) is 0 Å². The Morgan fingerprint density at radius 3 is 2.40 bits per heavy atom. The first-order chi connectivity index (χ1) is 11.8. The predicted molar refractivity (Wildman–Crippen MR) is 102 cm³/mol. The third-order valence-corrected chi connectivity index (χ3v) is 5.99. The number of benzene rings is 1. The molecule has 3 fully saturated rings. The number of nitrogens with zero attached hydrogens (tertiary/aromatic N) is 1. The predicted octanol–water partition coefficient (Wildman–Crippen LogP) is 3.50. The summed E-state index contributed by atoms with van der Waals surface area (Å²) in [6.45, 7) is 4.01. The van der Waals surface area contributed by atoms with Gasteiger partial charge in [0.05, 0.1) is 6.10 Å². The first-order valence-corrected chi connectivity index (χ1v) is 9.56. The van der Waals surface area contributed by atoms with Crippen LogP contribution in [0.5, 0.6) is 5.75 Å². The van der Waals surface area contributed by atoms with E-state index in [1.165, 1.54) is 12.8 Å². The number of likely N-dealkylation sites (tertiary alicyclic amines) is 1. The van der Waals surface area contributed by atoms with Crippen LogP contribution in [-0.4, -0.2) is 43.1 Å². The quantitative estimate of drug-likeness (QED) is 0.892. The Morgan fingerprint density at radius 2 is 1.72 bits per heavy atom. The first kappa shape index (κ1) is 18.5. The minimum atomic E-state index is 0. The molecule has 0 spiro atoms. The highest BCUT2D eigenvalue weighted by Gasteiger charge is 2.31. The van der Waals surface area contributed by atoms with E-state index in [9.17, 15) is 4.79 Å². The van der Waals surface area contributed by atoms with Gasteiger partial charge in [0.2, 0.25) is 0 Å². The number of hydrogen-bond donors (Lipinski definition) is 1. The molecule has 4 nitrogen and oxygen atoms in total. The van der Waals surface area contributed by atoms with Crippen molar-refractivity contribution in [2.24, 2.45) is 11.8 Å². The SMILES string of the molecule is Cl.O=C(c1cccc(OC2CCCC2)c1)N1CC[C@@H]2CNC[C@@H]2CC1. The van der Waals surface area contributed by atoms with Gasteiger partial charge in [0.1, 0.15) is 5.75 Å². The molecule has 4 rings (SSSR count). The van der Waals surface area contributed by atoms with Crippen LogP contribution in [0.4, 0.5) is 0 Å². The Hall–Kier alpha value is -1.26. The Morgan fingerprint density at radius 1 is 1.04 bits per heavy atom. The van der Waals surface area contributed by atoms with Crippen molar-refractivity contribution in [2.75, 3.05) is 26.2 Å². The summed E-state index contributed by atoms with van der Waals surface area (Å²) in [5.41, 5.74) is 0.774. The van der Waals surface area contributed by atoms with Gasteiger partial charge in [-0.1, -0.05) is 6.07 Å². The van der Waals surface area contributed by atoms with Gasteiger partial charge in [-0.15, -0.1) is 12.4 Å². The number of amides is 1. The Kier molecular flexibility index (Phi) is 6.24. The van der Waals surface area contributed by atoms with E-state index >= 15 is 0 Å². The van der Waals surface area contributed by atoms with Gasteiger partial charge in [-0.25, -0.2) is 0 Å². The lowest BCUT2D eigenvalue weighted by Gasteiger charge is -2.21. The standard InChI is InChI=1S/C20H28N2O2.ClH/c23-20(22-10-8-16-13-21-14-17(16)9-11-22)15-4-3-7-19(12-15)24-18-5-1-2-6-18;/h3-4,7,12,16-18,21H,1-2,5-6,8-11,13-14H2;1H/t16-,17+;. The van der Waals surface area contributed by atoms with Crippen LogP contribution >= 0.6 is 12.4 Å². The van der Waals surface area contributed by atoms with Crippen LogP contribution in [-0.2, 0) is 0 Å². The third kappa shape index (κ3) is 4.29. The monoisotopic (exact) mass is 364 g/mol. The second-order valence-electron chi connectivity index (χ2n) is 7.60. The van der Waals surface area contributed by atoms with Crippen molar-refractivity contribution in [2.45, 2.75) is 44.6 Å². The summed E-state index contributed by atoms with van der Waals surface area (Å²) in [6.07, 6.45) is 7.38. The summed E-state index contributed by atoms with van der Waals surface area (Å²) in [5.74, 6) is 2.52. The van der Waals surface area contributed by atoms with Crippen molar-refractivity contribution in [3.05, 3.63) is 29.8 Å². The molecule has 1 N–H and O–H groups in total. The van der Waals surface area contributed by atoms with E-state index < -0.39 is 0 Å². The summed E-state index contributed by atoms with van der Waals surface area (Å²) in [5, 5.41) is 3.49. The average molecular weight is 365 g/mol. The molecule has 2 saturated heterocycles. The maximum absolute atomic E-state index is 12.9. The van der Waals surface area contributed by atoms with Crippen molar-refractivity contribution in [3.8, 4) is 5.75 Å². The molecule has 0 aromatic heterocycles. The third-order valence-electron chi connectivity index (χ3n) is 5.99. The summed E-state index contributed by atoms with van der Waals surface area (Å²) in [4.78, 5) is 15.0. The molecule has 1 aliphatic carbocycles.